The summed E-state index contributed by atoms with van der Waals surface area (Å²) in [6.45, 7) is 18.9. The standard InChI is InChI=1S/C20H30O/c1-7-14(2)8-10-16-15(3)9-11-17-19(4,5)18(21)12-13-20(16,17)6/h7,16-17H,1-3,8-13H2,4-6H3/t16-,17?,20+/m0/s1. The lowest BCUT2D eigenvalue weighted by Crippen LogP contribution is -2.53. The summed E-state index contributed by atoms with van der Waals surface area (Å²) in [5, 5.41) is 0. The Morgan fingerprint density at radius 1 is 1.33 bits per heavy atom. The highest BCUT2D eigenvalue weighted by Crippen LogP contribution is 2.60. The van der Waals surface area contributed by atoms with Crippen molar-refractivity contribution in [2.75, 3.05) is 0 Å². The maximum atomic E-state index is 12.4. The molecule has 0 amide bonds. The summed E-state index contributed by atoms with van der Waals surface area (Å²) in [5.74, 6) is 1.45. The Kier molecular flexibility index (Phi) is 4.33. The van der Waals surface area contributed by atoms with Crippen LogP contribution in [0.5, 0.6) is 0 Å². The van der Waals surface area contributed by atoms with Gasteiger partial charge in [0.05, 0.1) is 0 Å². The Morgan fingerprint density at radius 3 is 2.62 bits per heavy atom. The zero-order chi connectivity index (χ0) is 15.8. The van der Waals surface area contributed by atoms with Gasteiger partial charge in [0, 0.05) is 11.8 Å². The molecule has 2 saturated carbocycles. The number of hydrogen-bond acceptors (Lipinski definition) is 1. The number of carbonyl (C=O) groups excluding carboxylic acids is 1. The van der Waals surface area contributed by atoms with Gasteiger partial charge in [-0.2, -0.15) is 0 Å². The minimum atomic E-state index is -0.179. The molecular weight excluding hydrogens is 256 g/mol. The molecule has 2 aliphatic carbocycles. The van der Waals surface area contributed by atoms with Crippen LogP contribution < -0.4 is 0 Å². The monoisotopic (exact) mass is 286 g/mol. The minimum Gasteiger partial charge on any atom is -0.299 e. The van der Waals surface area contributed by atoms with E-state index in [4.69, 9.17) is 0 Å². The van der Waals surface area contributed by atoms with E-state index in [1.54, 1.807) is 0 Å². The molecule has 3 atom stereocenters. The van der Waals surface area contributed by atoms with Crippen molar-refractivity contribution in [1.29, 1.82) is 0 Å². The van der Waals surface area contributed by atoms with Gasteiger partial charge in [-0.1, -0.05) is 57.7 Å². The van der Waals surface area contributed by atoms with Crippen molar-refractivity contribution >= 4 is 5.78 Å². The Labute approximate surface area is 130 Å². The molecule has 1 nitrogen and oxygen atoms in total. The zero-order valence-corrected chi connectivity index (χ0v) is 14.0. The van der Waals surface area contributed by atoms with Gasteiger partial charge in [-0.15, -0.1) is 0 Å². The number of hydrogen-bond donors (Lipinski definition) is 0. The van der Waals surface area contributed by atoms with Crippen LogP contribution >= 0.6 is 0 Å². The van der Waals surface area contributed by atoms with Gasteiger partial charge in [0.1, 0.15) is 5.78 Å². The summed E-state index contributed by atoms with van der Waals surface area (Å²) < 4.78 is 0. The lowest BCUT2D eigenvalue weighted by molar-refractivity contribution is -0.144. The van der Waals surface area contributed by atoms with E-state index in [0.29, 0.717) is 17.6 Å². The van der Waals surface area contributed by atoms with Gasteiger partial charge in [-0.3, -0.25) is 4.79 Å². The van der Waals surface area contributed by atoms with Crippen LogP contribution in [-0.2, 0) is 4.79 Å². The predicted molar refractivity (Wildman–Crippen MR) is 90.1 cm³/mol. The summed E-state index contributed by atoms with van der Waals surface area (Å²) in [4.78, 5) is 12.4. The van der Waals surface area contributed by atoms with Crippen molar-refractivity contribution in [1.82, 2.24) is 0 Å². The van der Waals surface area contributed by atoms with Crippen molar-refractivity contribution in [3.8, 4) is 0 Å². The predicted octanol–water partition coefficient (Wildman–Crippen LogP) is 5.49. The van der Waals surface area contributed by atoms with Crippen LogP contribution in [-0.4, -0.2) is 5.78 Å². The summed E-state index contributed by atoms with van der Waals surface area (Å²) in [6.07, 6.45) is 7.89. The molecule has 2 rings (SSSR count). The van der Waals surface area contributed by atoms with E-state index in [2.05, 4.69) is 40.5 Å². The Balaban J connectivity index is 2.27. The first-order valence-corrected chi connectivity index (χ1v) is 8.24. The molecule has 0 heterocycles. The van der Waals surface area contributed by atoms with E-state index in [1.807, 2.05) is 6.08 Å². The quantitative estimate of drug-likeness (QED) is 0.493. The Morgan fingerprint density at radius 2 is 2.00 bits per heavy atom. The van der Waals surface area contributed by atoms with Crippen molar-refractivity contribution in [3.63, 3.8) is 0 Å². The molecule has 0 saturated heterocycles. The topological polar surface area (TPSA) is 17.1 Å². The summed E-state index contributed by atoms with van der Waals surface area (Å²) in [6, 6.07) is 0. The van der Waals surface area contributed by atoms with Crippen LogP contribution in [0.4, 0.5) is 0 Å². The lowest BCUT2D eigenvalue weighted by atomic mass is 9.47. The highest BCUT2D eigenvalue weighted by molar-refractivity contribution is 5.85. The van der Waals surface area contributed by atoms with E-state index in [0.717, 1.165) is 44.1 Å². The second-order valence-electron chi connectivity index (χ2n) is 7.85. The van der Waals surface area contributed by atoms with Gasteiger partial charge >= 0.3 is 0 Å². The molecule has 2 aliphatic rings. The highest BCUT2D eigenvalue weighted by Gasteiger charge is 2.55. The molecule has 2 fully saturated rings. The van der Waals surface area contributed by atoms with Crippen LogP contribution in [0.25, 0.3) is 0 Å². The van der Waals surface area contributed by atoms with E-state index in [9.17, 15) is 4.79 Å². The maximum Gasteiger partial charge on any atom is 0.138 e. The van der Waals surface area contributed by atoms with E-state index in [1.165, 1.54) is 5.57 Å². The third-order valence-electron chi connectivity index (χ3n) is 6.36. The average molecular weight is 286 g/mol. The summed E-state index contributed by atoms with van der Waals surface area (Å²) in [5.41, 5.74) is 2.53. The van der Waals surface area contributed by atoms with Gasteiger partial charge < -0.3 is 0 Å². The normalized spacial score (nSPS) is 35.2. The average Bonchev–Trinajstić information content (AvgIpc) is 2.42. The van der Waals surface area contributed by atoms with Crippen molar-refractivity contribution < 1.29 is 4.79 Å². The van der Waals surface area contributed by atoms with Crippen LogP contribution in [0.3, 0.4) is 0 Å². The first kappa shape index (κ1) is 16.3. The first-order chi connectivity index (χ1) is 9.73. The molecule has 1 heteroatoms. The molecule has 0 aromatic carbocycles. The van der Waals surface area contributed by atoms with Crippen LogP contribution in [0.2, 0.25) is 0 Å². The molecule has 0 aliphatic heterocycles. The molecule has 0 spiro atoms. The first-order valence-electron chi connectivity index (χ1n) is 8.24. The van der Waals surface area contributed by atoms with Gasteiger partial charge in [-0.05, 0) is 49.4 Å². The Bertz CT molecular complexity index is 482. The fourth-order valence-corrected chi connectivity index (χ4v) is 4.94. The highest BCUT2D eigenvalue weighted by atomic mass is 16.1. The molecule has 0 radical (unpaired) electrons. The molecule has 116 valence electrons. The third kappa shape index (κ3) is 2.67. The number of allylic oxidation sites excluding steroid dienone is 3. The number of Topliss-reactive ketones (excluding diaryl/α,β-unsaturated/α-hetero) is 1. The smallest absolute Gasteiger partial charge is 0.138 e. The SMILES string of the molecule is C=CC(=C)CC[C@H]1C(=C)CCC2C(C)(C)C(=O)CC[C@@]21C. The van der Waals surface area contributed by atoms with Crippen LogP contribution in [0.15, 0.2) is 37.0 Å². The molecule has 21 heavy (non-hydrogen) atoms. The zero-order valence-electron chi connectivity index (χ0n) is 14.0. The van der Waals surface area contributed by atoms with Crippen LogP contribution in [0.1, 0.15) is 59.3 Å². The number of carbonyl (C=O) groups is 1. The lowest BCUT2D eigenvalue weighted by Gasteiger charge is -2.57. The van der Waals surface area contributed by atoms with Gasteiger partial charge in [0.25, 0.3) is 0 Å². The van der Waals surface area contributed by atoms with E-state index < -0.39 is 0 Å². The number of fused-ring (bicyclic) bond motifs is 1. The fourth-order valence-electron chi connectivity index (χ4n) is 4.94. The molecule has 1 unspecified atom stereocenters. The van der Waals surface area contributed by atoms with E-state index >= 15 is 0 Å². The van der Waals surface area contributed by atoms with Gasteiger partial charge in [0.15, 0.2) is 0 Å². The summed E-state index contributed by atoms with van der Waals surface area (Å²) >= 11 is 0. The molecular formula is C20H30O. The Hall–Kier alpha value is -1.11. The molecule has 0 aromatic heterocycles. The third-order valence-corrected chi connectivity index (χ3v) is 6.36. The summed E-state index contributed by atoms with van der Waals surface area (Å²) in [7, 11) is 0. The van der Waals surface area contributed by atoms with Gasteiger partial charge in [0.2, 0.25) is 0 Å². The van der Waals surface area contributed by atoms with Crippen molar-refractivity contribution in [2.24, 2.45) is 22.7 Å². The second-order valence-corrected chi connectivity index (χ2v) is 7.85. The molecule has 0 bridgehead atoms. The van der Waals surface area contributed by atoms with Gasteiger partial charge in [-0.25, -0.2) is 0 Å². The number of ketones is 1. The maximum absolute atomic E-state index is 12.4. The number of rotatable bonds is 4. The molecule has 0 N–H and O–H groups in total. The van der Waals surface area contributed by atoms with Crippen LogP contribution in [0, 0.1) is 22.7 Å². The van der Waals surface area contributed by atoms with E-state index in [-0.39, 0.29) is 10.8 Å². The molecule has 0 aromatic rings. The largest absolute Gasteiger partial charge is 0.299 e. The van der Waals surface area contributed by atoms with Crippen molar-refractivity contribution in [2.45, 2.75) is 59.3 Å². The fraction of sp³-hybridized carbons (Fsp3) is 0.650. The minimum absolute atomic E-state index is 0.179. The van der Waals surface area contributed by atoms with Crippen molar-refractivity contribution in [3.05, 3.63) is 37.0 Å². The second kappa shape index (κ2) is 5.59.